The van der Waals surface area contributed by atoms with Gasteiger partial charge >= 0.3 is 5.97 Å². The van der Waals surface area contributed by atoms with Crippen LogP contribution in [0.2, 0.25) is 0 Å². The molecule has 0 aliphatic carbocycles. The minimum absolute atomic E-state index is 0.624. The smallest absolute Gasteiger partial charge is 0.330 e. The van der Waals surface area contributed by atoms with Crippen LogP contribution in [0.15, 0.2) is 30.4 Å². The average molecular weight is 277 g/mol. The van der Waals surface area contributed by atoms with Gasteiger partial charge in [-0.05, 0) is 26.2 Å². The van der Waals surface area contributed by atoms with Crippen molar-refractivity contribution < 1.29 is 9.90 Å². The molecule has 0 spiro atoms. The fourth-order valence-electron chi connectivity index (χ4n) is 2.87. The van der Waals surface area contributed by atoms with Crippen LogP contribution in [0.4, 0.5) is 0 Å². The first-order chi connectivity index (χ1) is 9.62. The number of likely N-dealkylation sites (tertiary alicyclic amines) is 1. The van der Waals surface area contributed by atoms with E-state index in [0.29, 0.717) is 12.8 Å². The lowest BCUT2D eigenvalue weighted by Crippen LogP contribution is -2.50. The van der Waals surface area contributed by atoms with E-state index in [1.807, 2.05) is 0 Å². The van der Waals surface area contributed by atoms with Crippen molar-refractivity contribution in [2.45, 2.75) is 38.6 Å². The molecular formula is C15H23N3O2. The van der Waals surface area contributed by atoms with Crippen LogP contribution in [-0.4, -0.2) is 45.2 Å². The van der Waals surface area contributed by atoms with Crippen molar-refractivity contribution in [1.29, 1.82) is 0 Å². The summed E-state index contributed by atoms with van der Waals surface area (Å²) in [5.41, 5.74) is 0.588. The van der Waals surface area contributed by atoms with Gasteiger partial charge in [-0.1, -0.05) is 18.6 Å². The number of carbonyl (C=O) groups is 1. The molecule has 1 N–H and O–H groups in total. The van der Waals surface area contributed by atoms with Gasteiger partial charge in [0.2, 0.25) is 0 Å². The van der Waals surface area contributed by atoms with Crippen molar-refractivity contribution in [1.82, 2.24) is 14.5 Å². The molecule has 0 radical (unpaired) electrons. The lowest BCUT2D eigenvalue weighted by molar-refractivity contribution is -0.150. The van der Waals surface area contributed by atoms with Crippen molar-refractivity contribution in [3.8, 4) is 0 Å². The maximum absolute atomic E-state index is 11.7. The van der Waals surface area contributed by atoms with Gasteiger partial charge < -0.3 is 9.67 Å². The lowest BCUT2D eigenvalue weighted by atomic mass is 9.87. The van der Waals surface area contributed by atoms with Gasteiger partial charge in [0.1, 0.15) is 5.54 Å². The first kappa shape index (κ1) is 14.8. The van der Waals surface area contributed by atoms with E-state index >= 15 is 0 Å². The predicted molar refractivity (Wildman–Crippen MR) is 77.6 cm³/mol. The van der Waals surface area contributed by atoms with Crippen molar-refractivity contribution in [2.24, 2.45) is 0 Å². The highest BCUT2D eigenvalue weighted by atomic mass is 16.4. The number of allylic oxidation sites excluding steroid dienone is 1. The number of carboxylic acid groups (broad SMARTS) is 1. The first-order valence-electron chi connectivity index (χ1n) is 7.20. The van der Waals surface area contributed by atoms with Crippen LogP contribution >= 0.6 is 0 Å². The summed E-state index contributed by atoms with van der Waals surface area (Å²) in [6.45, 7) is 6.79. The molecule has 1 aromatic rings. The van der Waals surface area contributed by atoms with E-state index in [0.717, 1.165) is 26.1 Å². The highest BCUT2D eigenvalue weighted by molar-refractivity contribution is 5.77. The number of piperidine rings is 1. The second kappa shape index (κ2) is 6.22. The van der Waals surface area contributed by atoms with Gasteiger partial charge in [0.15, 0.2) is 0 Å². The lowest BCUT2D eigenvalue weighted by Gasteiger charge is -2.39. The van der Waals surface area contributed by atoms with E-state index in [2.05, 4.69) is 29.8 Å². The zero-order valence-corrected chi connectivity index (χ0v) is 12.2. The Morgan fingerprint density at radius 3 is 2.60 bits per heavy atom. The van der Waals surface area contributed by atoms with Crippen molar-refractivity contribution in [2.75, 3.05) is 19.6 Å². The molecule has 1 aliphatic heterocycles. The molecule has 5 heteroatoms. The van der Waals surface area contributed by atoms with E-state index < -0.39 is 11.5 Å². The van der Waals surface area contributed by atoms with Crippen LogP contribution in [0.1, 0.15) is 33.1 Å². The summed E-state index contributed by atoms with van der Waals surface area (Å²) in [4.78, 5) is 18.1. The highest BCUT2D eigenvalue weighted by Gasteiger charge is 2.42. The van der Waals surface area contributed by atoms with Gasteiger partial charge in [0.25, 0.3) is 0 Å². The molecule has 0 saturated carbocycles. The third-order valence-electron chi connectivity index (χ3n) is 4.37. The zero-order chi connectivity index (χ0) is 14.6. The molecule has 1 aromatic heterocycles. The third kappa shape index (κ3) is 2.77. The normalized spacial score (nSPS) is 20.0. The van der Waals surface area contributed by atoms with Crippen LogP contribution < -0.4 is 0 Å². The van der Waals surface area contributed by atoms with Crippen LogP contribution in [0.25, 0.3) is 0 Å². The molecule has 2 heterocycles. The monoisotopic (exact) mass is 277 g/mol. The summed E-state index contributed by atoms with van der Waals surface area (Å²) in [6, 6.07) is 0. The van der Waals surface area contributed by atoms with Gasteiger partial charge in [-0.15, -0.1) is 0 Å². The van der Waals surface area contributed by atoms with Crippen molar-refractivity contribution in [3.05, 3.63) is 30.4 Å². The number of hydrogen-bond donors (Lipinski definition) is 1. The molecule has 1 fully saturated rings. The third-order valence-corrected chi connectivity index (χ3v) is 4.37. The number of rotatable bonds is 5. The van der Waals surface area contributed by atoms with Crippen LogP contribution in [0.3, 0.4) is 0 Å². The standard InChI is InChI=1S/C15H23N3O2/c1-3-13(4-2)11-17-8-5-15(6-9-17,14(19)20)18-10-7-16-12-18/h3,7,10,12H,4-6,8-9,11H2,1-2H3,(H,19,20)/b13-3+. The van der Waals surface area contributed by atoms with E-state index in [1.165, 1.54) is 5.57 Å². The highest BCUT2D eigenvalue weighted by Crippen LogP contribution is 2.30. The summed E-state index contributed by atoms with van der Waals surface area (Å²) in [7, 11) is 0. The molecule has 1 saturated heterocycles. The number of aliphatic carboxylic acids is 1. The Bertz CT molecular complexity index is 471. The van der Waals surface area contributed by atoms with Gasteiger partial charge in [-0.25, -0.2) is 9.78 Å². The zero-order valence-electron chi connectivity index (χ0n) is 12.2. The van der Waals surface area contributed by atoms with Crippen molar-refractivity contribution >= 4 is 5.97 Å². The molecule has 0 amide bonds. The van der Waals surface area contributed by atoms with Crippen molar-refractivity contribution in [3.63, 3.8) is 0 Å². The number of aromatic nitrogens is 2. The predicted octanol–water partition coefficient (Wildman–Crippen LogP) is 2.12. The van der Waals surface area contributed by atoms with E-state index in [4.69, 9.17) is 0 Å². The topological polar surface area (TPSA) is 58.4 Å². The SMILES string of the molecule is C/C=C(\CC)CN1CCC(C(=O)O)(n2ccnc2)CC1. The molecular weight excluding hydrogens is 254 g/mol. The number of hydrogen-bond acceptors (Lipinski definition) is 3. The number of carboxylic acids is 1. The summed E-state index contributed by atoms with van der Waals surface area (Å²) < 4.78 is 1.75. The molecule has 2 rings (SSSR count). The maximum atomic E-state index is 11.7. The van der Waals surface area contributed by atoms with E-state index in [-0.39, 0.29) is 0 Å². The molecule has 1 aliphatic rings. The second-order valence-corrected chi connectivity index (χ2v) is 5.38. The Labute approximate surface area is 119 Å². The first-order valence-corrected chi connectivity index (χ1v) is 7.20. The summed E-state index contributed by atoms with van der Waals surface area (Å²) in [5.74, 6) is -0.753. The summed E-state index contributed by atoms with van der Waals surface area (Å²) in [6.07, 6.45) is 9.48. The van der Waals surface area contributed by atoms with Crippen LogP contribution in [-0.2, 0) is 10.3 Å². The molecule has 0 atom stereocenters. The number of nitrogens with zero attached hydrogens (tertiary/aromatic N) is 3. The Hall–Kier alpha value is -1.62. The van der Waals surface area contributed by atoms with Crippen LogP contribution in [0, 0.1) is 0 Å². The fourth-order valence-corrected chi connectivity index (χ4v) is 2.87. The quantitative estimate of drug-likeness (QED) is 0.838. The molecule has 0 unspecified atom stereocenters. The Morgan fingerprint density at radius 1 is 1.45 bits per heavy atom. The molecule has 0 bridgehead atoms. The van der Waals surface area contributed by atoms with E-state index in [1.54, 1.807) is 23.3 Å². The number of imidazole rings is 1. The van der Waals surface area contributed by atoms with Gasteiger partial charge in [-0.2, -0.15) is 0 Å². The maximum Gasteiger partial charge on any atom is 0.330 e. The second-order valence-electron chi connectivity index (χ2n) is 5.38. The Morgan fingerprint density at radius 2 is 2.15 bits per heavy atom. The minimum Gasteiger partial charge on any atom is -0.479 e. The van der Waals surface area contributed by atoms with Gasteiger partial charge in [0.05, 0.1) is 6.33 Å². The molecule has 5 nitrogen and oxygen atoms in total. The molecule has 0 aromatic carbocycles. The Balaban J connectivity index is 2.06. The van der Waals surface area contributed by atoms with Gasteiger partial charge in [0, 0.05) is 32.0 Å². The van der Waals surface area contributed by atoms with Gasteiger partial charge in [-0.3, -0.25) is 4.90 Å². The Kier molecular flexibility index (Phi) is 4.60. The summed E-state index contributed by atoms with van der Waals surface area (Å²) >= 11 is 0. The summed E-state index contributed by atoms with van der Waals surface area (Å²) in [5, 5.41) is 9.64. The molecule has 110 valence electrons. The molecule has 20 heavy (non-hydrogen) atoms. The fraction of sp³-hybridized carbons (Fsp3) is 0.600. The minimum atomic E-state index is -0.824. The largest absolute Gasteiger partial charge is 0.479 e. The van der Waals surface area contributed by atoms with Crippen LogP contribution in [0.5, 0.6) is 0 Å². The van der Waals surface area contributed by atoms with E-state index in [9.17, 15) is 9.90 Å². The average Bonchev–Trinajstić information content (AvgIpc) is 2.99.